The number of rotatable bonds is 2. The van der Waals surface area contributed by atoms with Gasteiger partial charge in [0, 0.05) is 0 Å². The van der Waals surface area contributed by atoms with Crippen molar-refractivity contribution in [3.8, 4) is 0 Å². The molecule has 0 saturated heterocycles. The van der Waals surface area contributed by atoms with Crippen LogP contribution in [-0.2, 0) is 9.36 Å². The Morgan fingerprint density at radius 2 is 1.89 bits per heavy atom. The van der Waals surface area contributed by atoms with Crippen molar-refractivity contribution in [2.45, 2.75) is 12.6 Å². The number of carbonyl (C=O) groups is 1. The second kappa shape index (κ2) is 2.53. The first-order valence-electron chi connectivity index (χ1n) is 2.63. The number of aliphatic carboxylic acids is 1. The first-order valence-corrected chi connectivity index (χ1v) is 5.30. The van der Waals surface area contributed by atoms with E-state index < -0.39 is 18.8 Å². The van der Waals surface area contributed by atoms with Crippen LogP contribution in [0, 0.1) is 0 Å². The Morgan fingerprint density at radius 1 is 1.56 bits per heavy atom. The average Bonchev–Trinajstić information content (AvgIpc) is 1.62. The highest BCUT2D eigenvalue weighted by Crippen LogP contribution is 2.41. The summed E-state index contributed by atoms with van der Waals surface area (Å²) in [6.45, 7) is 4.42. The fourth-order valence-corrected chi connectivity index (χ4v) is 0.798. The lowest BCUT2D eigenvalue weighted by molar-refractivity contribution is -0.136. The summed E-state index contributed by atoms with van der Waals surface area (Å²) < 4.78 is 11.0. The summed E-state index contributed by atoms with van der Waals surface area (Å²) in [5, 5.41) is 8.35. The second-order valence-corrected chi connectivity index (χ2v) is 6.09. The molecule has 0 aliphatic rings. The first-order chi connectivity index (χ1) is 3.85. The molecule has 0 aromatic rings. The van der Waals surface area contributed by atoms with Crippen LogP contribution in [0.4, 0.5) is 0 Å². The van der Waals surface area contributed by atoms with Crippen LogP contribution in [0.3, 0.4) is 0 Å². The Bertz CT molecular complexity index is 158. The lowest BCUT2D eigenvalue weighted by atomic mass is 10.5. The lowest BCUT2D eigenvalue weighted by Crippen LogP contribution is -2.14. The van der Waals surface area contributed by atoms with E-state index in [0.29, 0.717) is 0 Å². The minimum absolute atomic E-state index is 0.711. The Hall–Kier alpha value is -0.300. The molecule has 3 nitrogen and oxygen atoms in total. The standard InChI is InChI=1S/C5H11O3P/c1-4(5(6)7)9(2,3)8/h4H,1-3H3,(H,6,7). The predicted octanol–water partition coefficient (Wildman–Crippen LogP) is 1.08. The molecule has 0 spiro atoms. The summed E-state index contributed by atoms with van der Waals surface area (Å²) in [6.07, 6.45) is 0. The third-order valence-corrected chi connectivity index (χ3v) is 3.38. The maximum Gasteiger partial charge on any atom is 0.313 e. The predicted molar refractivity (Wildman–Crippen MR) is 36.6 cm³/mol. The highest BCUT2D eigenvalue weighted by atomic mass is 31.2. The third-order valence-electron chi connectivity index (χ3n) is 1.29. The maximum atomic E-state index is 11.0. The molecule has 0 saturated carbocycles. The summed E-state index contributed by atoms with van der Waals surface area (Å²) >= 11 is 0. The first kappa shape index (κ1) is 8.70. The second-order valence-electron chi connectivity index (χ2n) is 2.45. The smallest absolute Gasteiger partial charge is 0.313 e. The van der Waals surface area contributed by atoms with Crippen LogP contribution in [0.5, 0.6) is 0 Å². The Labute approximate surface area is 54.4 Å². The molecule has 0 fully saturated rings. The zero-order valence-electron chi connectivity index (χ0n) is 5.79. The van der Waals surface area contributed by atoms with Crippen LogP contribution in [0.15, 0.2) is 0 Å². The topological polar surface area (TPSA) is 54.4 Å². The lowest BCUT2D eigenvalue weighted by Gasteiger charge is -2.09. The Kier molecular flexibility index (Phi) is 2.44. The highest BCUT2D eigenvalue weighted by Gasteiger charge is 2.24. The van der Waals surface area contributed by atoms with Crippen LogP contribution < -0.4 is 0 Å². The van der Waals surface area contributed by atoms with Gasteiger partial charge in [0.25, 0.3) is 0 Å². The largest absolute Gasteiger partial charge is 0.481 e. The molecule has 0 bridgehead atoms. The molecule has 0 amide bonds. The summed E-state index contributed by atoms with van der Waals surface area (Å²) in [4.78, 5) is 10.2. The Morgan fingerprint density at radius 3 is 1.89 bits per heavy atom. The highest BCUT2D eigenvalue weighted by molar-refractivity contribution is 7.64. The molecule has 0 radical (unpaired) electrons. The number of carboxylic acids is 1. The zero-order valence-corrected chi connectivity index (χ0v) is 6.68. The minimum Gasteiger partial charge on any atom is -0.481 e. The molecule has 1 atom stereocenters. The van der Waals surface area contributed by atoms with Crippen LogP contribution in [0.2, 0.25) is 0 Å². The fraction of sp³-hybridized carbons (Fsp3) is 0.800. The van der Waals surface area contributed by atoms with Crippen molar-refractivity contribution < 1.29 is 14.5 Å². The van der Waals surface area contributed by atoms with Gasteiger partial charge in [-0.1, -0.05) is 0 Å². The van der Waals surface area contributed by atoms with Gasteiger partial charge in [-0.15, -0.1) is 0 Å². The van der Waals surface area contributed by atoms with Crippen molar-refractivity contribution >= 4 is 13.1 Å². The monoisotopic (exact) mass is 150 g/mol. The van der Waals surface area contributed by atoms with Gasteiger partial charge in [-0.3, -0.25) is 4.79 Å². The van der Waals surface area contributed by atoms with Gasteiger partial charge in [0.05, 0.1) is 7.14 Å². The van der Waals surface area contributed by atoms with Gasteiger partial charge in [0.15, 0.2) is 0 Å². The number of hydrogen-bond acceptors (Lipinski definition) is 2. The fourth-order valence-electron chi connectivity index (χ4n) is 0.266. The summed E-state index contributed by atoms with van der Waals surface area (Å²) in [7, 11) is -2.41. The van der Waals surface area contributed by atoms with Gasteiger partial charge in [-0.25, -0.2) is 0 Å². The van der Waals surface area contributed by atoms with E-state index in [1.54, 1.807) is 0 Å². The molecule has 0 aromatic carbocycles. The summed E-state index contributed by atoms with van der Waals surface area (Å²) in [5.74, 6) is -0.983. The molecule has 9 heavy (non-hydrogen) atoms. The normalized spacial score (nSPS) is 15.0. The van der Waals surface area contributed by atoms with E-state index in [1.807, 2.05) is 0 Å². The van der Waals surface area contributed by atoms with Crippen LogP contribution >= 0.6 is 7.14 Å². The molecular formula is C5H11O3P. The van der Waals surface area contributed by atoms with Crippen molar-refractivity contribution in [2.24, 2.45) is 0 Å². The molecule has 54 valence electrons. The molecule has 1 unspecified atom stereocenters. The van der Waals surface area contributed by atoms with Crippen molar-refractivity contribution in [3.05, 3.63) is 0 Å². The van der Waals surface area contributed by atoms with E-state index in [4.69, 9.17) is 5.11 Å². The number of carboxylic acid groups (broad SMARTS) is 1. The minimum atomic E-state index is -2.41. The SMILES string of the molecule is CC(C(=O)O)P(C)(C)=O. The number of hydrogen-bond donors (Lipinski definition) is 1. The van der Waals surface area contributed by atoms with Crippen molar-refractivity contribution in [3.63, 3.8) is 0 Å². The molecule has 0 aromatic heterocycles. The van der Waals surface area contributed by atoms with Gasteiger partial charge in [-0.2, -0.15) is 0 Å². The molecule has 4 heteroatoms. The van der Waals surface area contributed by atoms with Gasteiger partial charge in [0.1, 0.15) is 5.66 Å². The van der Waals surface area contributed by atoms with Crippen molar-refractivity contribution in [2.75, 3.05) is 13.3 Å². The van der Waals surface area contributed by atoms with Gasteiger partial charge >= 0.3 is 5.97 Å². The quantitative estimate of drug-likeness (QED) is 0.599. The molecular weight excluding hydrogens is 139 g/mol. The molecule has 1 N–H and O–H groups in total. The van der Waals surface area contributed by atoms with E-state index in [-0.39, 0.29) is 0 Å². The molecule has 0 rings (SSSR count). The Balaban J connectivity index is 4.23. The summed E-state index contributed by atoms with van der Waals surface area (Å²) in [6, 6.07) is 0. The third kappa shape index (κ3) is 2.66. The van der Waals surface area contributed by atoms with Gasteiger partial charge < -0.3 is 9.67 Å². The van der Waals surface area contributed by atoms with Crippen molar-refractivity contribution in [1.82, 2.24) is 0 Å². The van der Waals surface area contributed by atoms with E-state index >= 15 is 0 Å². The van der Waals surface area contributed by atoms with Crippen molar-refractivity contribution in [1.29, 1.82) is 0 Å². The van der Waals surface area contributed by atoms with E-state index in [2.05, 4.69) is 0 Å². The van der Waals surface area contributed by atoms with Gasteiger partial charge in [0.2, 0.25) is 0 Å². The van der Waals surface area contributed by atoms with E-state index in [1.165, 1.54) is 20.3 Å². The zero-order chi connectivity index (χ0) is 7.65. The molecule has 0 aliphatic heterocycles. The average molecular weight is 150 g/mol. The molecule has 0 heterocycles. The maximum absolute atomic E-state index is 11.0. The molecule has 0 aliphatic carbocycles. The van der Waals surface area contributed by atoms with Gasteiger partial charge in [-0.05, 0) is 20.3 Å². The van der Waals surface area contributed by atoms with Crippen LogP contribution in [0.1, 0.15) is 6.92 Å². The van der Waals surface area contributed by atoms with Crippen LogP contribution in [0.25, 0.3) is 0 Å². The summed E-state index contributed by atoms with van der Waals surface area (Å²) in [5.41, 5.74) is -0.711. The van der Waals surface area contributed by atoms with E-state index in [9.17, 15) is 9.36 Å². The van der Waals surface area contributed by atoms with E-state index in [0.717, 1.165) is 0 Å². The van der Waals surface area contributed by atoms with Crippen LogP contribution in [-0.4, -0.2) is 30.1 Å².